The first-order valence-corrected chi connectivity index (χ1v) is 13.0. The molecule has 0 aromatic rings. The van der Waals surface area contributed by atoms with Crippen molar-refractivity contribution in [3.05, 3.63) is 0 Å². The number of unbranched alkanes of at least 4 members (excludes halogenated alkanes) is 18. The van der Waals surface area contributed by atoms with Gasteiger partial charge in [0.2, 0.25) is 0 Å². The average Bonchev–Trinajstić information content (AvgIpc) is 2.69. The van der Waals surface area contributed by atoms with E-state index < -0.39 is 17.9 Å². The normalized spacial score (nSPS) is 12.4. The summed E-state index contributed by atoms with van der Waals surface area (Å²) < 4.78 is 0. The van der Waals surface area contributed by atoms with Crippen LogP contribution in [-0.4, -0.2) is 22.2 Å². The first-order chi connectivity index (χ1) is 14.5. The minimum Gasteiger partial charge on any atom is -0.481 e. The van der Waals surface area contributed by atoms with Gasteiger partial charge in [0.05, 0.1) is 0 Å². The van der Waals surface area contributed by atoms with E-state index in [0.717, 1.165) is 12.8 Å². The minimum absolute atomic E-state index is 0.300. The van der Waals surface area contributed by atoms with E-state index in [1.165, 1.54) is 109 Å². The SMILES string of the molecule is CCCCCCCCCCCCCCCCCCCCCC(C)C(C(=O)O)C(=O)O. The van der Waals surface area contributed by atoms with Gasteiger partial charge in [0.25, 0.3) is 0 Å². The average molecular weight is 427 g/mol. The molecule has 2 N–H and O–H groups in total. The lowest BCUT2D eigenvalue weighted by Crippen LogP contribution is -2.29. The summed E-state index contributed by atoms with van der Waals surface area (Å²) in [6.07, 6.45) is 26.0. The smallest absolute Gasteiger partial charge is 0.318 e. The second-order valence-corrected chi connectivity index (χ2v) is 9.28. The van der Waals surface area contributed by atoms with Crippen LogP contribution in [0.4, 0.5) is 0 Å². The Morgan fingerprint density at radius 1 is 0.533 bits per heavy atom. The number of carboxylic acids is 2. The second kappa shape index (κ2) is 21.2. The Balaban J connectivity index is 3.28. The van der Waals surface area contributed by atoms with Gasteiger partial charge in [-0.2, -0.15) is 0 Å². The Bertz CT molecular complexity index is 394. The fraction of sp³-hybridized carbons (Fsp3) is 0.923. The summed E-state index contributed by atoms with van der Waals surface area (Å²) in [4.78, 5) is 22.0. The van der Waals surface area contributed by atoms with Gasteiger partial charge in [0.15, 0.2) is 5.92 Å². The highest BCUT2D eigenvalue weighted by molar-refractivity contribution is 5.93. The number of aliphatic carboxylic acids is 2. The summed E-state index contributed by atoms with van der Waals surface area (Å²) in [5, 5.41) is 18.0. The largest absolute Gasteiger partial charge is 0.481 e. The molecule has 0 aliphatic rings. The number of carbonyl (C=O) groups is 2. The van der Waals surface area contributed by atoms with Crippen LogP contribution in [0.3, 0.4) is 0 Å². The molecule has 178 valence electrons. The minimum atomic E-state index is -1.26. The van der Waals surface area contributed by atoms with Gasteiger partial charge in [0, 0.05) is 0 Å². The Kier molecular flexibility index (Phi) is 20.4. The van der Waals surface area contributed by atoms with E-state index >= 15 is 0 Å². The van der Waals surface area contributed by atoms with Crippen LogP contribution in [0.5, 0.6) is 0 Å². The van der Waals surface area contributed by atoms with E-state index in [0.29, 0.717) is 6.42 Å². The molecule has 0 aromatic carbocycles. The lowest BCUT2D eigenvalue weighted by molar-refractivity contribution is -0.157. The number of rotatable bonds is 23. The molecule has 0 fully saturated rings. The van der Waals surface area contributed by atoms with E-state index in [9.17, 15) is 9.59 Å². The molecule has 1 atom stereocenters. The van der Waals surface area contributed by atoms with Crippen molar-refractivity contribution in [1.29, 1.82) is 0 Å². The highest BCUT2D eigenvalue weighted by atomic mass is 16.4. The number of hydrogen-bond donors (Lipinski definition) is 2. The molecular weight excluding hydrogens is 376 g/mol. The van der Waals surface area contributed by atoms with Gasteiger partial charge >= 0.3 is 11.9 Å². The Morgan fingerprint density at radius 2 is 0.800 bits per heavy atom. The van der Waals surface area contributed by atoms with Crippen LogP contribution in [0.25, 0.3) is 0 Å². The summed E-state index contributed by atoms with van der Waals surface area (Å²) in [5.41, 5.74) is 0. The van der Waals surface area contributed by atoms with Crippen LogP contribution in [0, 0.1) is 11.8 Å². The van der Waals surface area contributed by atoms with Gasteiger partial charge in [-0.05, 0) is 12.3 Å². The first kappa shape index (κ1) is 28.9. The van der Waals surface area contributed by atoms with E-state index in [4.69, 9.17) is 10.2 Å². The van der Waals surface area contributed by atoms with Gasteiger partial charge in [-0.25, -0.2) is 0 Å². The fourth-order valence-corrected chi connectivity index (χ4v) is 4.30. The third-order valence-corrected chi connectivity index (χ3v) is 6.36. The molecule has 0 aliphatic heterocycles. The molecule has 0 saturated carbocycles. The maximum absolute atomic E-state index is 11.0. The topological polar surface area (TPSA) is 74.6 Å². The highest BCUT2D eigenvalue weighted by Crippen LogP contribution is 2.21. The summed E-state index contributed by atoms with van der Waals surface area (Å²) in [6.45, 7) is 4.01. The van der Waals surface area contributed by atoms with E-state index in [2.05, 4.69) is 6.92 Å². The van der Waals surface area contributed by atoms with Crippen molar-refractivity contribution in [2.75, 3.05) is 0 Å². The lowest BCUT2D eigenvalue weighted by atomic mass is 9.89. The second-order valence-electron chi connectivity index (χ2n) is 9.28. The van der Waals surface area contributed by atoms with Crippen molar-refractivity contribution < 1.29 is 19.8 Å². The Labute approximate surface area is 186 Å². The lowest BCUT2D eigenvalue weighted by Gasteiger charge is -2.15. The van der Waals surface area contributed by atoms with Gasteiger partial charge in [-0.1, -0.05) is 136 Å². The first-order valence-electron chi connectivity index (χ1n) is 13.0. The van der Waals surface area contributed by atoms with Crippen molar-refractivity contribution in [3.8, 4) is 0 Å². The monoisotopic (exact) mass is 426 g/mol. The summed E-state index contributed by atoms with van der Waals surface area (Å²) in [6, 6.07) is 0. The number of hydrogen-bond acceptors (Lipinski definition) is 2. The van der Waals surface area contributed by atoms with Crippen molar-refractivity contribution in [2.45, 2.75) is 142 Å². The molecule has 0 heterocycles. The van der Waals surface area contributed by atoms with Crippen LogP contribution in [0.2, 0.25) is 0 Å². The molecule has 0 aliphatic carbocycles. The van der Waals surface area contributed by atoms with Gasteiger partial charge < -0.3 is 10.2 Å². The predicted molar refractivity (Wildman–Crippen MR) is 126 cm³/mol. The van der Waals surface area contributed by atoms with Crippen LogP contribution >= 0.6 is 0 Å². The third kappa shape index (κ3) is 17.8. The maximum Gasteiger partial charge on any atom is 0.318 e. The van der Waals surface area contributed by atoms with Crippen LogP contribution < -0.4 is 0 Å². The van der Waals surface area contributed by atoms with E-state index in [1.54, 1.807) is 6.92 Å². The van der Waals surface area contributed by atoms with Crippen molar-refractivity contribution >= 4 is 11.9 Å². The quantitative estimate of drug-likeness (QED) is 0.127. The summed E-state index contributed by atoms with van der Waals surface area (Å²) in [7, 11) is 0. The molecule has 4 heteroatoms. The van der Waals surface area contributed by atoms with Crippen LogP contribution in [0.15, 0.2) is 0 Å². The Hall–Kier alpha value is -1.06. The van der Waals surface area contributed by atoms with Crippen molar-refractivity contribution in [1.82, 2.24) is 0 Å². The zero-order valence-electron chi connectivity index (χ0n) is 20.0. The molecule has 0 rings (SSSR count). The Morgan fingerprint density at radius 3 is 1.07 bits per heavy atom. The van der Waals surface area contributed by atoms with E-state index in [1.807, 2.05) is 0 Å². The summed E-state index contributed by atoms with van der Waals surface area (Å²) >= 11 is 0. The maximum atomic E-state index is 11.0. The van der Waals surface area contributed by atoms with Crippen LogP contribution in [-0.2, 0) is 9.59 Å². The fourth-order valence-electron chi connectivity index (χ4n) is 4.30. The number of carboxylic acid groups (broad SMARTS) is 2. The third-order valence-electron chi connectivity index (χ3n) is 6.36. The summed E-state index contributed by atoms with van der Waals surface area (Å²) in [5.74, 6) is -3.99. The zero-order chi connectivity index (χ0) is 22.5. The molecule has 1 unspecified atom stereocenters. The predicted octanol–water partition coefficient (Wildman–Crippen LogP) is 8.23. The highest BCUT2D eigenvalue weighted by Gasteiger charge is 2.31. The molecule has 0 spiro atoms. The molecule has 0 radical (unpaired) electrons. The molecule has 0 amide bonds. The van der Waals surface area contributed by atoms with Gasteiger partial charge in [-0.15, -0.1) is 0 Å². The molecule has 0 saturated heterocycles. The molecule has 0 bridgehead atoms. The van der Waals surface area contributed by atoms with E-state index in [-0.39, 0.29) is 5.92 Å². The zero-order valence-corrected chi connectivity index (χ0v) is 20.0. The van der Waals surface area contributed by atoms with Gasteiger partial charge in [0.1, 0.15) is 0 Å². The standard InChI is InChI=1S/C26H50O4/c1-3-4-5-6-7-8-9-10-11-12-13-14-15-16-17-18-19-20-21-22-23(2)24(25(27)28)26(29)30/h23-24H,3-22H2,1-2H3,(H,27,28)(H,29,30). The van der Waals surface area contributed by atoms with Crippen LogP contribution in [0.1, 0.15) is 142 Å². The van der Waals surface area contributed by atoms with Crippen molar-refractivity contribution in [2.24, 2.45) is 11.8 Å². The molecule has 0 aromatic heterocycles. The molecular formula is C26H50O4. The molecule has 4 nitrogen and oxygen atoms in total. The van der Waals surface area contributed by atoms with Gasteiger partial charge in [-0.3, -0.25) is 9.59 Å². The molecule has 30 heavy (non-hydrogen) atoms. The van der Waals surface area contributed by atoms with Crippen molar-refractivity contribution in [3.63, 3.8) is 0 Å².